The fourth-order valence-electron chi connectivity index (χ4n) is 2.50. The number of hydrogen-bond donors (Lipinski definition) is 2. The zero-order valence-electron chi connectivity index (χ0n) is 12.5. The molecule has 22 heavy (non-hydrogen) atoms. The molecule has 2 N–H and O–H groups in total. The quantitative estimate of drug-likeness (QED) is 0.834. The van der Waals surface area contributed by atoms with E-state index in [2.05, 4.69) is 10.6 Å². The summed E-state index contributed by atoms with van der Waals surface area (Å²) in [6.45, 7) is 4.15. The van der Waals surface area contributed by atoms with Gasteiger partial charge in [-0.3, -0.25) is 4.79 Å². The molecule has 122 valence electrons. The van der Waals surface area contributed by atoms with Crippen LogP contribution in [0.1, 0.15) is 23.2 Å². The number of carbonyl (C=O) groups is 1. The van der Waals surface area contributed by atoms with Gasteiger partial charge in [-0.2, -0.15) is 0 Å². The lowest BCUT2D eigenvalue weighted by Crippen LogP contribution is -2.48. The van der Waals surface area contributed by atoms with Crippen molar-refractivity contribution in [3.8, 4) is 5.75 Å². The van der Waals surface area contributed by atoms with E-state index < -0.39 is 0 Å². The normalized spacial score (nSPS) is 20.8. The van der Waals surface area contributed by atoms with Gasteiger partial charge in [0.15, 0.2) is 0 Å². The van der Waals surface area contributed by atoms with E-state index in [9.17, 15) is 4.79 Å². The summed E-state index contributed by atoms with van der Waals surface area (Å²) in [5.74, 6) is 1.33. The Hall–Kier alpha value is -1.30. The summed E-state index contributed by atoms with van der Waals surface area (Å²) >= 11 is 0. The van der Waals surface area contributed by atoms with Crippen molar-refractivity contribution in [1.82, 2.24) is 10.6 Å². The molecule has 2 fully saturated rings. The smallest absolute Gasteiger partial charge is 0.251 e. The van der Waals surface area contributed by atoms with Gasteiger partial charge in [0.2, 0.25) is 0 Å². The molecule has 2 aliphatic rings. The highest BCUT2D eigenvalue weighted by Gasteiger charge is 2.18. The first-order valence-electron chi connectivity index (χ1n) is 7.64. The lowest BCUT2D eigenvalue weighted by molar-refractivity contribution is 0.0679. The fraction of sp³-hybridized carbons (Fsp3) is 0.562. The van der Waals surface area contributed by atoms with E-state index in [1.165, 1.54) is 0 Å². The van der Waals surface area contributed by atoms with Gasteiger partial charge in [0.05, 0.1) is 6.10 Å². The number of ether oxygens (including phenoxy) is 2. The Bertz CT molecular complexity index is 471. The molecule has 2 saturated heterocycles. The third-order valence-electron chi connectivity index (χ3n) is 3.99. The molecule has 0 radical (unpaired) electrons. The molecule has 1 atom stereocenters. The van der Waals surface area contributed by atoms with E-state index in [0.29, 0.717) is 18.1 Å². The average molecular weight is 327 g/mol. The largest absolute Gasteiger partial charge is 0.491 e. The van der Waals surface area contributed by atoms with Gasteiger partial charge in [0.1, 0.15) is 12.4 Å². The van der Waals surface area contributed by atoms with Crippen LogP contribution in [0.25, 0.3) is 0 Å². The molecule has 2 aliphatic heterocycles. The first-order chi connectivity index (χ1) is 10.3. The van der Waals surface area contributed by atoms with Gasteiger partial charge in [-0.25, -0.2) is 0 Å². The van der Waals surface area contributed by atoms with Gasteiger partial charge in [-0.05, 0) is 37.1 Å². The monoisotopic (exact) mass is 326 g/mol. The first-order valence-corrected chi connectivity index (χ1v) is 7.64. The highest BCUT2D eigenvalue weighted by atomic mass is 35.5. The zero-order valence-corrected chi connectivity index (χ0v) is 13.4. The van der Waals surface area contributed by atoms with Crippen LogP contribution in [-0.2, 0) is 4.74 Å². The Labute approximate surface area is 137 Å². The topological polar surface area (TPSA) is 59.6 Å². The summed E-state index contributed by atoms with van der Waals surface area (Å²) in [6, 6.07) is 7.29. The minimum absolute atomic E-state index is 0. The molecule has 1 unspecified atom stereocenters. The SMILES string of the molecule is Cl.O=C(NCC1CNC1)c1ccc(OCC2CCCO2)cc1. The zero-order chi connectivity index (χ0) is 14.5. The van der Waals surface area contributed by atoms with Crippen molar-refractivity contribution >= 4 is 18.3 Å². The number of benzene rings is 1. The van der Waals surface area contributed by atoms with Crippen LogP contribution in [0.15, 0.2) is 24.3 Å². The van der Waals surface area contributed by atoms with Gasteiger partial charge < -0.3 is 20.1 Å². The third-order valence-corrected chi connectivity index (χ3v) is 3.99. The maximum atomic E-state index is 12.0. The Morgan fingerprint density at radius 3 is 2.68 bits per heavy atom. The van der Waals surface area contributed by atoms with Crippen molar-refractivity contribution < 1.29 is 14.3 Å². The molecule has 0 spiro atoms. The molecule has 1 aromatic carbocycles. The number of rotatable bonds is 6. The average Bonchev–Trinajstić information content (AvgIpc) is 2.97. The predicted octanol–water partition coefficient (Wildman–Crippen LogP) is 1.62. The molecule has 3 rings (SSSR count). The third kappa shape index (κ3) is 4.60. The highest BCUT2D eigenvalue weighted by Crippen LogP contribution is 2.16. The Balaban J connectivity index is 0.00000176. The first kappa shape index (κ1) is 17.1. The maximum absolute atomic E-state index is 12.0. The fourth-order valence-corrected chi connectivity index (χ4v) is 2.50. The van der Waals surface area contributed by atoms with Gasteiger partial charge >= 0.3 is 0 Å². The Kier molecular flexibility index (Phi) is 6.49. The molecular weight excluding hydrogens is 304 g/mol. The van der Waals surface area contributed by atoms with E-state index in [0.717, 1.165) is 44.8 Å². The molecule has 6 heteroatoms. The van der Waals surface area contributed by atoms with Crippen molar-refractivity contribution in [3.63, 3.8) is 0 Å². The molecule has 0 aliphatic carbocycles. The summed E-state index contributed by atoms with van der Waals surface area (Å²) < 4.78 is 11.2. The molecule has 0 saturated carbocycles. The van der Waals surface area contributed by atoms with Gasteiger partial charge in [-0.1, -0.05) is 0 Å². The van der Waals surface area contributed by atoms with Crippen molar-refractivity contribution in [2.45, 2.75) is 18.9 Å². The Morgan fingerprint density at radius 1 is 1.32 bits per heavy atom. The number of carbonyl (C=O) groups excluding carboxylic acids is 1. The Morgan fingerprint density at radius 2 is 2.09 bits per heavy atom. The van der Waals surface area contributed by atoms with Gasteiger partial charge in [-0.15, -0.1) is 12.4 Å². The molecule has 0 aromatic heterocycles. The van der Waals surface area contributed by atoms with Crippen molar-refractivity contribution in [3.05, 3.63) is 29.8 Å². The van der Waals surface area contributed by atoms with Crippen molar-refractivity contribution in [2.75, 3.05) is 32.8 Å². The van der Waals surface area contributed by atoms with Crippen LogP contribution < -0.4 is 15.4 Å². The predicted molar refractivity (Wildman–Crippen MR) is 86.9 cm³/mol. The van der Waals surface area contributed by atoms with Crippen LogP contribution >= 0.6 is 12.4 Å². The molecule has 2 heterocycles. The van der Waals surface area contributed by atoms with Crippen molar-refractivity contribution in [1.29, 1.82) is 0 Å². The minimum atomic E-state index is -0.0208. The number of halogens is 1. The summed E-state index contributed by atoms with van der Waals surface area (Å²) in [4.78, 5) is 12.0. The summed E-state index contributed by atoms with van der Waals surface area (Å²) in [6.07, 6.45) is 2.39. The highest BCUT2D eigenvalue weighted by molar-refractivity contribution is 5.94. The van der Waals surface area contributed by atoms with E-state index >= 15 is 0 Å². The summed E-state index contributed by atoms with van der Waals surface area (Å²) in [7, 11) is 0. The summed E-state index contributed by atoms with van der Waals surface area (Å²) in [5, 5.41) is 6.15. The van der Waals surface area contributed by atoms with Gasteiger partial charge in [0.25, 0.3) is 5.91 Å². The second kappa shape index (κ2) is 8.36. The second-order valence-electron chi connectivity index (χ2n) is 5.70. The number of amides is 1. The van der Waals surface area contributed by atoms with E-state index in [1.807, 2.05) is 12.1 Å². The van der Waals surface area contributed by atoms with Gasteiger partial charge in [0, 0.05) is 37.7 Å². The van der Waals surface area contributed by atoms with Crippen LogP contribution in [0, 0.1) is 5.92 Å². The molecular formula is C16H23ClN2O3. The van der Waals surface area contributed by atoms with Crippen LogP contribution in [0.3, 0.4) is 0 Å². The van der Waals surface area contributed by atoms with E-state index in [4.69, 9.17) is 9.47 Å². The lowest BCUT2D eigenvalue weighted by Gasteiger charge is -2.27. The lowest BCUT2D eigenvalue weighted by atomic mass is 10.0. The van der Waals surface area contributed by atoms with Crippen LogP contribution in [0.2, 0.25) is 0 Å². The van der Waals surface area contributed by atoms with Crippen molar-refractivity contribution in [2.24, 2.45) is 5.92 Å². The standard InChI is InChI=1S/C16H22N2O3.ClH/c19-16(18-10-12-8-17-9-12)13-3-5-14(6-4-13)21-11-15-2-1-7-20-15;/h3-6,12,15,17H,1-2,7-11H2,(H,18,19);1H. The number of hydrogen-bond acceptors (Lipinski definition) is 4. The van der Waals surface area contributed by atoms with Crippen LogP contribution in [-0.4, -0.2) is 44.9 Å². The van der Waals surface area contributed by atoms with E-state index in [-0.39, 0.29) is 24.4 Å². The molecule has 1 amide bonds. The van der Waals surface area contributed by atoms with Crippen LogP contribution in [0.5, 0.6) is 5.75 Å². The minimum Gasteiger partial charge on any atom is -0.491 e. The second-order valence-corrected chi connectivity index (χ2v) is 5.70. The molecule has 5 nitrogen and oxygen atoms in total. The number of nitrogens with one attached hydrogen (secondary N) is 2. The summed E-state index contributed by atoms with van der Waals surface area (Å²) in [5.41, 5.74) is 0.673. The molecule has 1 aromatic rings. The van der Waals surface area contributed by atoms with E-state index in [1.54, 1.807) is 12.1 Å². The maximum Gasteiger partial charge on any atom is 0.251 e. The van der Waals surface area contributed by atoms with Crippen LogP contribution in [0.4, 0.5) is 0 Å². The molecule has 0 bridgehead atoms.